The van der Waals surface area contributed by atoms with Gasteiger partial charge >= 0.3 is 0 Å². The van der Waals surface area contributed by atoms with Gasteiger partial charge in [-0.1, -0.05) is 18.2 Å². The number of ether oxygens (including phenoxy) is 1. The number of hydrogen-bond acceptors (Lipinski definition) is 5. The quantitative estimate of drug-likeness (QED) is 0.820. The second kappa shape index (κ2) is 6.21. The van der Waals surface area contributed by atoms with E-state index in [1.54, 1.807) is 6.20 Å². The van der Waals surface area contributed by atoms with Crippen molar-refractivity contribution in [1.29, 1.82) is 5.26 Å². The van der Waals surface area contributed by atoms with Gasteiger partial charge in [-0.3, -0.25) is 9.78 Å². The van der Waals surface area contributed by atoms with E-state index in [1.807, 2.05) is 29.2 Å². The number of fused-ring (bicyclic) bond motifs is 3. The highest BCUT2D eigenvalue weighted by Gasteiger charge is 2.53. The van der Waals surface area contributed by atoms with Gasteiger partial charge in [-0.05, 0) is 25.3 Å². The van der Waals surface area contributed by atoms with Gasteiger partial charge in [-0.2, -0.15) is 5.26 Å². The zero-order chi connectivity index (χ0) is 18.4. The molecule has 6 nitrogen and oxygen atoms in total. The summed E-state index contributed by atoms with van der Waals surface area (Å²) in [6.07, 6.45) is 4.81. The third kappa shape index (κ3) is 2.57. The lowest BCUT2D eigenvalue weighted by Gasteiger charge is -2.40. The van der Waals surface area contributed by atoms with Crippen LogP contribution < -0.4 is 4.90 Å². The molecule has 0 N–H and O–H groups in total. The first-order chi connectivity index (χ1) is 13.2. The Balaban J connectivity index is 1.38. The summed E-state index contributed by atoms with van der Waals surface area (Å²) >= 11 is 0. The van der Waals surface area contributed by atoms with Crippen molar-refractivity contribution >= 4 is 22.5 Å². The number of carbonyl (C=O) groups excluding carboxylic acids is 1. The largest absolute Gasteiger partial charge is 0.377 e. The Labute approximate surface area is 158 Å². The third-order valence-corrected chi connectivity index (χ3v) is 6.36. The van der Waals surface area contributed by atoms with Gasteiger partial charge in [0, 0.05) is 37.8 Å². The Morgan fingerprint density at radius 1 is 1.26 bits per heavy atom. The number of aromatic nitrogens is 1. The smallest absolute Gasteiger partial charge is 0.231 e. The molecule has 2 atom stereocenters. The van der Waals surface area contributed by atoms with Crippen LogP contribution in [0.15, 0.2) is 30.5 Å². The molecule has 1 aromatic heterocycles. The molecule has 2 aliphatic heterocycles. The van der Waals surface area contributed by atoms with Crippen molar-refractivity contribution in [3.8, 4) is 6.07 Å². The van der Waals surface area contributed by atoms with E-state index in [-0.39, 0.29) is 17.4 Å². The number of amides is 1. The first-order valence-corrected chi connectivity index (χ1v) is 9.64. The number of nitrogens with zero attached hydrogens (tertiary/aromatic N) is 4. The lowest BCUT2D eigenvalue weighted by Crippen LogP contribution is -2.53. The van der Waals surface area contributed by atoms with Crippen LogP contribution in [0.4, 0.5) is 5.69 Å². The number of anilines is 1. The topological polar surface area (TPSA) is 69.5 Å². The maximum Gasteiger partial charge on any atom is 0.231 e. The predicted molar refractivity (Wildman–Crippen MR) is 101 cm³/mol. The predicted octanol–water partition coefficient (Wildman–Crippen LogP) is 2.32. The van der Waals surface area contributed by atoms with E-state index in [1.165, 1.54) is 0 Å². The van der Waals surface area contributed by atoms with E-state index in [4.69, 9.17) is 4.74 Å². The second-order valence-corrected chi connectivity index (χ2v) is 7.88. The molecule has 2 unspecified atom stereocenters. The van der Waals surface area contributed by atoms with Crippen molar-refractivity contribution in [2.24, 2.45) is 5.41 Å². The molecule has 2 bridgehead atoms. The van der Waals surface area contributed by atoms with Crippen molar-refractivity contribution in [2.75, 3.05) is 37.7 Å². The average molecular weight is 362 g/mol. The molecule has 138 valence electrons. The second-order valence-electron chi connectivity index (χ2n) is 7.88. The minimum atomic E-state index is -0.270. The van der Waals surface area contributed by atoms with E-state index in [2.05, 4.69) is 16.0 Å². The van der Waals surface area contributed by atoms with Gasteiger partial charge in [-0.25, -0.2) is 0 Å². The fourth-order valence-corrected chi connectivity index (χ4v) is 4.90. The van der Waals surface area contributed by atoms with Gasteiger partial charge in [0.2, 0.25) is 5.91 Å². The molecular formula is C21H22N4O2. The number of piperazine rings is 1. The van der Waals surface area contributed by atoms with E-state index < -0.39 is 0 Å². The zero-order valence-corrected chi connectivity index (χ0v) is 15.2. The summed E-state index contributed by atoms with van der Waals surface area (Å²) in [7, 11) is 0. The van der Waals surface area contributed by atoms with E-state index in [0.717, 1.165) is 48.9 Å². The molecular weight excluding hydrogens is 340 g/mol. The first kappa shape index (κ1) is 16.5. The fraction of sp³-hybridized carbons (Fsp3) is 0.476. The van der Waals surface area contributed by atoms with Crippen LogP contribution in [-0.4, -0.2) is 54.7 Å². The molecule has 0 radical (unpaired) electrons. The molecule has 5 rings (SSSR count). The molecule has 1 amide bonds. The van der Waals surface area contributed by atoms with Gasteiger partial charge in [0.15, 0.2) is 0 Å². The maximum absolute atomic E-state index is 13.1. The minimum absolute atomic E-state index is 0.266. The Kier molecular flexibility index (Phi) is 3.80. The van der Waals surface area contributed by atoms with Crippen LogP contribution in [-0.2, 0) is 9.53 Å². The van der Waals surface area contributed by atoms with Crippen LogP contribution in [0.5, 0.6) is 0 Å². The summed E-state index contributed by atoms with van der Waals surface area (Å²) in [6, 6.07) is 10.2. The molecule has 0 spiro atoms. The van der Waals surface area contributed by atoms with Gasteiger partial charge in [0.05, 0.1) is 34.9 Å². The normalized spacial score (nSPS) is 27.1. The molecule has 2 saturated heterocycles. The average Bonchev–Trinajstić information content (AvgIpc) is 3.35. The van der Waals surface area contributed by atoms with Crippen molar-refractivity contribution < 1.29 is 9.53 Å². The highest BCUT2D eigenvalue weighted by atomic mass is 16.5. The molecule has 3 fully saturated rings. The molecule has 6 heteroatoms. The van der Waals surface area contributed by atoms with E-state index >= 15 is 0 Å². The van der Waals surface area contributed by atoms with Crippen molar-refractivity contribution in [3.63, 3.8) is 0 Å². The van der Waals surface area contributed by atoms with Gasteiger partial charge < -0.3 is 14.5 Å². The number of para-hydroxylation sites is 1. The molecule has 3 heterocycles. The molecule has 1 saturated carbocycles. The van der Waals surface area contributed by atoms with Crippen molar-refractivity contribution in [1.82, 2.24) is 9.88 Å². The van der Waals surface area contributed by atoms with Crippen molar-refractivity contribution in [2.45, 2.75) is 25.4 Å². The molecule has 2 aromatic rings. The summed E-state index contributed by atoms with van der Waals surface area (Å²) in [5.74, 6) is 0.266. The number of pyridine rings is 1. The summed E-state index contributed by atoms with van der Waals surface area (Å²) in [5, 5.41) is 10.6. The van der Waals surface area contributed by atoms with E-state index in [9.17, 15) is 10.1 Å². The molecule has 1 aromatic carbocycles. The number of carbonyl (C=O) groups is 1. The number of benzene rings is 1. The van der Waals surface area contributed by atoms with Gasteiger partial charge in [-0.15, -0.1) is 0 Å². The lowest BCUT2D eigenvalue weighted by molar-refractivity contribution is -0.143. The third-order valence-electron chi connectivity index (χ3n) is 6.36. The summed E-state index contributed by atoms with van der Waals surface area (Å²) < 4.78 is 5.74. The monoisotopic (exact) mass is 362 g/mol. The number of hydrogen-bond donors (Lipinski definition) is 0. The Bertz CT molecular complexity index is 935. The SMILES string of the molecule is N#Cc1cnc2ccccc2c1N1CCN(C(=O)C23CCC(C2)OC3)CC1. The Morgan fingerprint density at radius 2 is 2.07 bits per heavy atom. The van der Waals surface area contributed by atoms with Crippen LogP contribution >= 0.6 is 0 Å². The van der Waals surface area contributed by atoms with Crippen LogP contribution in [0.25, 0.3) is 10.9 Å². The van der Waals surface area contributed by atoms with Gasteiger partial charge in [0.25, 0.3) is 0 Å². The lowest BCUT2D eigenvalue weighted by atomic mass is 9.86. The fourth-order valence-electron chi connectivity index (χ4n) is 4.90. The summed E-state index contributed by atoms with van der Waals surface area (Å²) in [5.41, 5.74) is 2.16. The van der Waals surface area contributed by atoms with Crippen LogP contribution in [0.2, 0.25) is 0 Å². The molecule has 3 aliphatic rings. The molecule has 1 aliphatic carbocycles. The van der Waals surface area contributed by atoms with Crippen LogP contribution in [0.1, 0.15) is 24.8 Å². The van der Waals surface area contributed by atoms with Gasteiger partial charge in [0.1, 0.15) is 6.07 Å². The highest BCUT2D eigenvalue weighted by molar-refractivity contribution is 5.94. The number of rotatable bonds is 2. The summed E-state index contributed by atoms with van der Waals surface area (Å²) in [6.45, 7) is 3.42. The Hall–Kier alpha value is -2.65. The number of nitriles is 1. The zero-order valence-electron chi connectivity index (χ0n) is 15.2. The van der Waals surface area contributed by atoms with Crippen LogP contribution in [0, 0.1) is 16.7 Å². The standard InChI is InChI=1S/C21H22N4O2/c22-12-15-13-23-18-4-2-1-3-17(18)19(15)24-7-9-25(10-8-24)20(26)21-6-5-16(11-21)27-14-21/h1-4,13,16H,5-11,14H2. The van der Waals surface area contributed by atoms with Crippen molar-refractivity contribution in [3.05, 3.63) is 36.0 Å². The first-order valence-electron chi connectivity index (χ1n) is 9.64. The van der Waals surface area contributed by atoms with E-state index in [0.29, 0.717) is 25.3 Å². The molecule has 27 heavy (non-hydrogen) atoms. The Morgan fingerprint density at radius 3 is 2.74 bits per heavy atom. The minimum Gasteiger partial charge on any atom is -0.377 e. The highest BCUT2D eigenvalue weighted by Crippen LogP contribution is 2.47. The maximum atomic E-state index is 13.1. The van der Waals surface area contributed by atoms with Crippen LogP contribution in [0.3, 0.4) is 0 Å². The summed E-state index contributed by atoms with van der Waals surface area (Å²) in [4.78, 5) is 21.8.